The predicted molar refractivity (Wildman–Crippen MR) is 364 cm³/mol. The zero-order chi connectivity index (χ0) is 58.1. The van der Waals surface area contributed by atoms with Gasteiger partial charge in [0.05, 0.1) is 17.1 Å². The van der Waals surface area contributed by atoms with Crippen LogP contribution in [0.15, 0.2) is 235 Å². The molecule has 3 aliphatic carbocycles. The maximum Gasteiger partial charge on any atom is 0.196 e. The Bertz CT molecular complexity index is 4390. The van der Waals surface area contributed by atoms with Crippen LogP contribution in [-0.4, -0.2) is 5.11 Å². The normalized spacial score (nSPS) is 16.2. The minimum absolute atomic E-state index is 0.168. The second-order valence-corrected chi connectivity index (χ2v) is 24.0. The molecule has 1 atom stereocenters. The second kappa shape index (κ2) is 24.0. The van der Waals surface area contributed by atoms with Crippen LogP contribution in [0.25, 0.3) is 82.1 Å². The van der Waals surface area contributed by atoms with Crippen LogP contribution in [0.2, 0.25) is 0 Å². The number of aliphatic hydroxyl groups is 1. The van der Waals surface area contributed by atoms with E-state index in [0.29, 0.717) is 17.8 Å². The molecule has 1 N–H and O–H groups in total. The van der Waals surface area contributed by atoms with Gasteiger partial charge in [0.25, 0.3) is 0 Å². The van der Waals surface area contributed by atoms with E-state index in [1.165, 1.54) is 93.3 Å². The third kappa shape index (κ3) is 10.4. The Hall–Kier alpha value is -8.86. The van der Waals surface area contributed by atoms with E-state index in [2.05, 4.69) is 231 Å². The first-order chi connectivity index (χ1) is 41.8. The molecule has 0 amide bonds. The van der Waals surface area contributed by atoms with Gasteiger partial charge in [0.2, 0.25) is 0 Å². The van der Waals surface area contributed by atoms with E-state index in [1.807, 2.05) is 32.1 Å². The first kappa shape index (κ1) is 55.3. The highest BCUT2D eigenvalue weighted by atomic mass is 16.3. The fourth-order valence-corrected chi connectivity index (χ4v) is 14.3. The van der Waals surface area contributed by atoms with Crippen LogP contribution >= 0.6 is 0 Å². The van der Waals surface area contributed by atoms with Gasteiger partial charge in [-0.05, 0) is 178 Å². The van der Waals surface area contributed by atoms with E-state index in [9.17, 15) is 5.11 Å². The largest absolute Gasteiger partial charge is 0.494 e. The van der Waals surface area contributed by atoms with Gasteiger partial charge in [0.1, 0.15) is 5.58 Å². The second-order valence-electron chi connectivity index (χ2n) is 24.0. The number of benzene rings is 10. The summed E-state index contributed by atoms with van der Waals surface area (Å²) in [5, 5.41) is 22.7. The number of aryl methyl sites for hydroxylation is 2. The highest BCUT2D eigenvalue weighted by molar-refractivity contribution is 6.29. The third-order valence-corrected chi connectivity index (χ3v) is 18.6. The number of furan rings is 1. The number of anilines is 4. The summed E-state index contributed by atoms with van der Waals surface area (Å²) in [7, 11) is 0. The lowest BCUT2D eigenvalue weighted by atomic mass is 9.77. The fourth-order valence-electron chi connectivity index (χ4n) is 14.3. The van der Waals surface area contributed by atoms with E-state index < -0.39 is 0 Å². The van der Waals surface area contributed by atoms with Crippen molar-refractivity contribution in [1.29, 1.82) is 0 Å². The summed E-state index contributed by atoms with van der Waals surface area (Å²) >= 11 is 0. The predicted octanol–water partition coefficient (Wildman–Crippen LogP) is 24.0. The molecule has 0 radical (unpaired) electrons. The number of nitrogens with zero attached hydrogens (tertiary/aromatic N) is 2. The molecule has 4 heteroatoms. The van der Waals surface area contributed by atoms with E-state index >= 15 is 0 Å². The molecule has 0 bridgehead atoms. The molecular formula is C81H78N2O2. The summed E-state index contributed by atoms with van der Waals surface area (Å²) in [4.78, 5) is 4.65. The molecule has 1 heterocycles. The molecular weight excluding hydrogens is 1030 g/mol. The van der Waals surface area contributed by atoms with Gasteiger partial charge >= 0.3 is 0 Å². The van der Waals surface area contributed by atoms with Crippen molar-refractivity contribution in [2.45, 2.75) is 117 Å². The molecule has 14 rings (SSSR count). The molecule has 4 nitrogen and oxygen atoms in total. The molecule has 2 fully saturated rings. The maximum atomic E-state index is 12.9. The van der Waals surface area contributed by atoms with Crippen LogP contribution in [0, 0.1) is 19.8 Å². The molecule has 1 unspecified atom stereocenters. The van der Waals surface area contributed by atoms with Crippen molar-refractivity contribution in [1.82, 2.24) is 0 Å². The van der Waals surface area contributed by atoms with Crippen molar-refractivity contribution in [3.8, 4) is 22.3 Å². The van der Waals surface area contributed by atoms with Crippen molar-refractivity contribution in [3.63, 3.8) is 0 Å². The molecule has 0 spiro atoms. The molecule has 0 aliphatic heterocycles. The number of hydrogen-bond acceptors (Lipinski definition) is 4. The van der Waals surface area contributed by atoms with E-state index in [4.69, 9.17) is 4.42 Å². The van der Waals surface area contributed by atoms with Gasteiger partial charge in [-0.1, -0.05) is 235 Å². The van der Waals surface area contributed by atoms with Crippen molar-refractivity contribution < 1.29 is 9.52 Å². The Morgan fingerprint density at radius 1 is 0.553 bits per heavy atom. The Labute approximate surface area is 502 Å². The first-order valence-corrected chi connectivity index (χ1v) is 31.5. The van der Waals surface area contributed by atoms with Crippen molar-refractivity contribution in [2.75, 3.05) is 9.80 Å². The minimum atomic E-state index is 0.168. The average Bonchev–Trinajstić information content (AvgIpc) is 1.47. The lowest BCUT2D eigenvalue weighted by Gasteiger charge is -2.33. The number of fused-ring (bicyclic) bond motifs is 3. The first-order valence-electron chi connectivity index (χ1n) is 31.5. The van der Waals surface area contributed by atoms with Gasteiger partial charge in [-0.15, -0.1) is 0 Å². The van der Waals surface area contributed by atoms with E-state index in [0.717, 1.165) is 116 Å². The molecule has 3 aliphatic rings. The maximum absolute atomic E-state index is 12.9. The SMILES string of the molecule is C=C(/C=C\C=C(/O)N(C1=CCC(C)C=C1)c1cc(C2CCCCC2)c2ccc3c(N(c4ccc(C)cc4)c4cccc5c4oc4c(-c6ccccc6)cccc45)cc(C4CCCCC4)c4ccc1c2c43)c1cccc(-c2ccccc2C)c1.CC. The van der Waals surface area contributed by atoms with Crippen LogP contribution < -0.4 is 9.80 Å². The van der Waals surface area contributed by atoms with Crippen LogP contribution in [0.4, 0.5) is 22.7 Å². The number of aliphatic hydroxyl groups excluding tert-OH is 1. The highest BCUT2D eigenvalue weighted by Crippen LogP contribution is 2.54. The number of para-hydroxylation sites is 2. The summed E-state index contributed by atoms with van der Waals surface area (Å²) in [6.07, 6.45) is 25.6. The van der Waals surface area contributed by atoms with Crippen molar-refractivity contribution >= 4 is 82.6 Å². The molecule has 11 aromatic rings. The van der Waals surface area contributed by atoms with E-state index in [-0.39, 0.29) is 5.88 Å². The molecule has 85 heavy (non-hydrogen) atoms. The number of allylic oxidation sites excluding steroid dienone is 7. The number of hydrogen-bond donors (Lipinski definition) is 1. The zero-order valence-corrected chi connectivity index (χ0v) is 50.2. The topological polar surface area (TPSA) is 39.9 Å². The van der Waals surface area contributed by atoms with Crippen molar-refractivity contribution in [2.24, 2.45) is 5.92 Å². The van der Waals surface area contributed by atoms with Gasteiger partial charge in [0.15, 0.2) is 11.5 Å². The van der Waals surface area contributed by atoms with Gasteiger partial charge < -0.3 is 14.4 Å². The quantitative estimate of drug-likeness (QED) is 0.0710. The summed E-state index contributed by atoms with van der Waals surface area (Å²) in [6, 6.07) is 64.8. The van der Waals surface area contributed by atoms with Crippen LogP contribution in [0.3, 0.4) is 0 Å². The third-order valence-electron chi connectivity index (χ3n) is 18.6. The molecule has 10 aromatic carbocycles. The Morgan fingerprint density at radius 2 is 1.14 bits per heavy atom. The Balaban J connectivity index is 0.00000333. The Kier molecular flexibility index (Phi) is 15.6. The van der Waals surface area contributed by atoms with Gasteiger partial charge in [0, 0.05) is 38.5 Å². The Morgan fingerprint density at radius 3 is 1.81 bits per heavy atom. The average molecular weight is 1110 g/mol. The minimum Gasteiger partial charge on any atom is -0.494 e. The van der Waals surface area contributed by atoms with Crippen molar-refractivity contribution in [3.05, 3.63) is 258 Å². The smallest absolute Gasteiger partial charge is 0.196 e. The number of rotatable bonds is 13. The van der Waals surface area contributed by atoms with Gasteiger partial charge in [-0.25, -0.2) is 0 Å². The molecule has 2 saturated carbocycles. The lowest BCUT2D eigenvalue weighted by molar-refractivity contribution is 0.399. The molecule has 1 aromatic heterocycles. The fraction of sp³-hybridized carbons (Fsp3) is 0.235. The van der Waals surface area contributed by atoms with Gasteiger partial charge in [-0.3, -0.25) is 4.90 Å². The summed E-state index contributed by atoms with van der Waals surface area (Å²) in [6.45, 7) is 15.1. The molecule has 0 saturated heterocycles. The molecule has 424 valence electrons. The monoisotopic (exact) mass is 1110 g/mol. The standard InChI is InChI=1S/C79H72N2O2.C2H6/c1-51-36-40-60(41-37-51)80(72-34-19-33-67-66-32-18-31-63(78(66)83-79(67)72)55-22-8-5-9-23-55)73-49-70(56-24-10-6-11-25-56)64-45-47-69-74(50-71(57-26-12-7-13-27-57)65-44-46-68(73)76(64)77(65)69)81(61-42-38-52(2)39-43-61)75(82)35-16-21-53(3)58-28-17-29-59(48-58)62-30-15-14-20-54(62)4;1-2/h5,8-9,14-23,28-38,40-50,52,56-57,82H,3,6-7,10-13,24-27,39H2,1-2,4H3;1-2H3/b21-16-,75-35-;. The lowest BCUT2D eigenvalue weighted by Crippen LogP contribution is -2.23. The highest BCUT2D eigenvalue weighted by Gasteiger charge is 2.31. The van der Waals surface area contributed by atoms with Crippen LogP contribution in [0.1, 0.15) is 131 Å². The van der Waals surface area contributed by atoms with Crippen LogP contribution in [0.5, 0.6) is 0 Å². The van der Waals surface area contributed by atoms with E-state index in [1.54, 1.807) is 0 Å². The summed E-state index contributed by atoms with van der Waals surface area (Å²) < 4.78 is 7.29. The summed E-state index contributed by atoms with van der Waals surface area (Å²) in [5.41, 5.74) is 18.8. The van der Waals surface area contributed by atoms with Crippen LogP contribution in [-0.2, 0) is 0 Å². The van der Waals surface area contributed by atoms with Gasteiger partial charge in [-0.2, -0.15) is 0 Å². The zero-order valence-electron chi connectivity index (χ0n) is 50.2. The summed E-state index contributed by atoms with van der Waals surface area (Å²) in [5.74, 6) is 1.37.